The van der Waals surface area contributed by atoms with Gasteiger partial charge in [0.25, 0.3) is 5.69 Å². The van der Waals surface area contributed by atoms with Gasteiger partial charge in [0.1, 0.15) is 19.3 Å². The molecule has 1 N–H and O–H groups in total. The number of fused-ring (bicyclic) bond motifs is 1. The van der Waals surface area contributed by atoms with E-state index in [0.717, 1.165) is 0 Å². The Hall–Kier alpha value is -1.82. The van der Waals surface area contributed by atoms with Gasteiger partial charge < -0.3 is 14.6 Å². The molecule has 1 atom stereocenters. The van der Waals surface area contributed by atoms with Crippen LogP contribution in [0.25, 0.3) is 0 Å². The summed E-state index contributed by atoms with van der Waals surface area (Å²) in [6.45, 7) is 0.207. The van der Waals surface area contributed by atoms with Crippen LogP contribution < -0.4 is 9.47 Å². The molecule has 6 heteroatoms. The van der Waals surface area contributed by atoms with E-state index in [4.69, 9.17) is 9.47 Å². The van der Waals surface area contributed by atoms with Gasteiger partial charge in [0.05, 0.1) is 11.0 Å². The van der Waals surface area contributed by atoms with Crippen molar-refractivity contribution in [3.8, 4) is 11.5 Å². The highest BCUT2D eigenvalue weighted by molar-refractivity contribution is 5.48. The van der Waals surface area contributed by atoms with Gasteiger partial charge in [-0.15, -0.1) is 0 Å². The van der Waals surface area contributed by atoms with Gasteiger partial charge in [0.15, 0.2) is 11.5 Å². The second-order valence-electron chi connectivity index (χ2n) is 3.16. The molecule has 0 spiro atoms. The average Bonchev–Trinajstić information content (AvgIpc) is 2.40. The number of nitro benzene ring substituents is 1. The second kappa shape index (κ2) is 3.74. The third-order valence-electron chi connectivity index (χ3n) is 2.00. The molecule has 15 heavy (non-hydrogen) atoms. The number of nitro groups is 1. The van der Waals surface area contributed by atoms with Crippen molar-refractivity contribution >= 4 is 5.69 Å². The van der Waals surface area contributed by atoms with E-state index in [1.54, 1.807) is 0 Å². The molecule has 0 aromatic heterocycles. The number of aliphatic hydroxyl groups excluding tert-OH is 1. The highest BCUT2D eigenvalue weighted by atomic mass is 16.6. The number of ether oxygens (including phenoxy) is 2. The number of benzene rings is 1. The number of aliphatic hydroxyl groups is 1. The van der Waals surface area contributed by atoms with E-state index in [0.29, 0.717) is 11.5 Å². The Bertz CT molecular complexity index is 392. The van der Waals surface area contributed by atoms with Gasteiger partial charge in [-0.2, -0.15) is 0 Å². The molecule has 1 aromatic rings. The van der Waals surface area contributed by atoms with Gasteiger partial charge in [0, 0.05) is 6.07 Å². The van der Waals surface area contributed by atoms with E-state index in [-0.39, 0.29) is 18.9 Å². The van der Waals surface area contributed by atoms with Crippen molar-refractivity contribution in [2.75, 3.05) is 13.2 Å². The van der Waals surface area contributed by atoms with Gasteiger partial charge in [-0.05, 0) is 6.07 Å². The molecular weight excluding hydrogens is 202 g/mol. The maximum absolute atomic E-state index is 10.5. The Balaban J connectivity index is 2.32. The predicted octanol–water partition coefficient (Wildman–Crippen LogP) is 0.727. The molecular formula is C9H9NO5. The van der Waals surface area contributed by atoms with Crippen LogP contribution in [0.4, 0.5) is 5.69 Å². The van der Waals surface area contributed by atoms with Gasteiger partial charge in [-0.25, -0.2) is 0 Å². The molecule has 1 aromatic carbocycles. The topological polar surface area (TPSA) is 81.8 Å². The zero-order chi connectivity index (χ0) is 10.8. The molecule has 0 fully saturated rings. The smallest absolute Gasteiger partial charge is 0.273 e. The minimum Gasteiger partial charge on any atom is -0.487 e. The third-order valence-corrected chi connectivity index (χ3v) is 2.00. The van der Waals surface area contributed by atoms with Gasteiger partial charge >= 0.3 is 0 Å². The van der Waals surface area contributed by atoms with E-state index >= 15 is 0 Å². The lowest BCUT2D eigenvalue weighted by Crippen LogP contribution is -2.21. The Kier molecular flexibility index (Phi) is 2.42. The Morgan fingerprint density at radius 2 is 2.00 bits per heavy atom. The van der Waals surface area contributed by atoms with Gasteiger partial charge in [0.2, 0.25) is 0 Å². The molecule has 0 radical (unpaired) electrons. The summed E-state index contributed by atoms with van der Waals surface area (Å²) in [6.07, 6.45) is -0.712. The summed E-state index contributed by atoms with van der Waals surface area (Å²) >= 11 is 0. The van der Waals surface area contributed by atoms with Crippen molar-refractivity contribution < 1.29 is 19.5 Å². The van der Waals surface area contributed by atoms with Crippen molar-refractivity contribution in [3.63, 3.8) is 0 Å². The zero-order valence-corrected chi connectivity index (χ0v) is 7.75. The number of hydrogen-bond donors (Lipinski definition) is 1. The first-order valence-corrected chi connectivity index (χ1v) is 4.39. The minimum absolute atomic E-state index is 0.0614. The van der Waals surface area contributed by atoms with E-state index < -0.39 is 11.0 Å². The summed E-state index contributed by atoms with van der Waals surface area (Å²) in [7, 11) is 0. The van der Waals surface area contributed by atoms with Gasteiger partial charge in [-0.1, -0.05) is 0 Å². The molecule has 0 amide bonds. The average molecular weight is 211 g/mol. The summed E-state index contributed by atoms with van der Waals surface area (Å²) in [5.74, 6) is 0.706. The summed E-state index contributed by atoms with van der Waals surface area (Å²) in [6, 6.07) is 4.08. The first kappa shape index (κ1) is 9.72. The number of hydrogen-bond acceptors (Lipinski definition) is 5. The maximum atomic E-state index is 10.5. The fraction of sp³-hybridized carbons (Fsp3) is 0.333. The third kappa shape index (κ3) is 1.99. The van der Waals surface area contributed by atoms with E-state index in [1.807, 2.05) is 0 Å². The second-order valence-corrected chi connectivity index (χ2v) is 3.16. The molecule has 0 aliphatic carbocycles. The van der Waals surface area contributed by atoms with Crippen molar-refractivity contribution in [1.29, 1.82) is 0 Å². The number of nitrogens with zero attached hydrogens (tertiary/aromatic N) is 1. The SMILES string of the molecule is O=[N+]([O-])c1ccc2c(c1)OCC(O)CO2. The fourth-order valence-corrected chi connectivity index (χ4v) is 1.26. The lowest BCUT2D eigenvalue weighted by molar-refractivity contribution is -0.385. The van der Waals surface area contributed by atoms with Crippen LogP contribution >= 0.6 is 0 Å². The van der Waals surface area contributed by atoms with Crippen LogP contribution in [0.15, 0.2) is 18.2 Å². The molecule has 1 aliphatic heterocycles. The van der Waals surface area contributed by atoms with Crippen LogP contribution in [0.3, 0.4) is 0 Å². The number of non-ortho nitro benzene ring substituents is 1. The van der Waals surface area contributed by atoms with Crippen LogP contribution in [-0.2, 0) is 0 Å². The van der Waals surface area contributed by atoms with E-state index in [1.165, 1.54) is 18.2 Å². The molecule has 6 nitrogen and oxygen atoms in total. The molecule has 1 heterocycles. The Morgan fingerprint density at radius 1 is 1.33 bits per heavy atom. The number of rotatable bonds is 1. The molecule has 0 bridgehead atoms. The molecule has 0 saturated heterocycles. The predicted molar refractivity (Wildman–Crippen MR) is 50.1 cm³/mol. The lowest BCUT2D eigenvalue weighted by Gasteiger charge is -2.05. The quantitative estimate of drug-likeness (QED) is 0.547. The summed E-state index contributed by atoms with van der Waals surface area (Å²) in [5, 5.41) is 19.8. The zero-order valence-electron chi connectivity index (χ0n) is 7.75. The summed E-state index contributed by atoms with van der Waals surface area (Å²) in [4.78, 5) is 9.99. The highest BCUT2D eigenvalue weighted by Crippen LogP contribution is 2.32. The molecule has 80 valence electrons. The summed E-state index contributed by atoms with van der Waals surface area (Å²) in [5.41, 5.74) is -0.0614. The largest absolute Gasteiger partial charge is 0.487 e. The first-order chi connectivity index (χ1) is 7.16. The van der Waals surface area contributed by atoms with Crippen LogP contribution in [0.5, 0.6) is 11.5 Å². The fourth-order valence-electron chi connectivity index (χ4n) is 1.26. The van der Waals surface area contributed by atoms with E-state index in [2.05, 4.69) is 0 Å². The standard InChI is InChI=1S/C9H9NO5/c11-7-4-14-8-2-1-6(10(12)13)3-9(8)15-5-7/h1-3,7,11H,4-5H2. The minimum atomic E-state index is -0.712. The van der Waals surface area contributed by atoms with Crippen molar-refractivity contribution in [3.05, 3.63) is 28.3 Å². The Labute approximate surface area is 85.2 Å². The molecule has 1 aliphatic rings. The monoisotopic (exact) mass is 211 g/mol. The lowest BCUT2D eigenvalue weighted by atomic mass is 10.3. The van der Waals surface area contributed by atoms with Crippen LogP contribution in [0.1, 0.15) is 0 Å². The normalized spacial score (nSPS) is 19.4. The van der Waals surface area contributed by atoms with Crippen molar-refractivity contribution in [1.82, 2.24) is 0 Å². The first-order valence-electron chi connectivity index (χ1n) is 4.39. The molecule has 1 unspecified atom stereocenters. The van der Waals surface area contributed by atoms with Crippen LogP contribution in [0.2, 0.25) is 0 Å². The molecule has 2 rings (SSSR count). The van der Waals surface area contributed by atoms with Gasteiger partial charge in [-0.3, -0.25) is 10.1 Å². The highest BCUT2D eigenvalue weighted by Gasteiger charge is 2.18. The Morgan fingerprint density at radius 3 is 2.67 bits per heavy atom. The molecule has 0 saturated carbocycles. The summed E-state index contributed by atoms with van der Waals surface area (Å²) < 4.78 is 10.4. The van der Waals surface area contributed by atoms with Crippen LogP contribution in [-0.4, -0.2) is 29.3 Å². The van der Waals surface area contributed by atoms with Crippen molar-refractivity contribution in [2.45, 2.75) is 6.10 Å². The van der Waals surface area contributed by atoms with Crippen molar-refractivity contribution in [2.24, 2.45) is 0 Å². The van der Waals surface area contributed by atoms with E-state index in [9.17, 15) is 15.2 Å². The van der Waals surface area contributed by atoms with Crippen LogP contribution in [0, 0.1) is 10.1 Å². The maximum Gasteiger partial charge on any atom is 0.273 e.